The van der Waals surface area contributed by atoms with E-state index in [1.165, 1.54) is 19.2 Å². The van der Waals surface area contributed by atoms with Crippen molar-refractivity contribution in [2.45, 2.75) is 38.5 Å². The van der Waals surface area contributed by atoms with Crippen LogP contribution >= 0.6 is 0 Å². The molecule has 0 aliphatic rings. The minimum absolute atomic E-state index is 0.0139. The van der Waals surface area contributed by atoms with Crippen molar-refractivity contribution in [3.63, 3.8) is 0 Å². The highest BCUT2D eigenvalue weighted by molar-refractivity contribution is 7.89. The Morgan fingerprint density at radius 3 is 2.26 bits per heavy atom. The summed E-state index contributed by atoms with van der Waals surface area (Å²) in [5, 5.41) is 0. The highest BCUT2D eigenvalue weighted by Crippen LogP contribution is 2.26. The molecule has 2 rings (SSSR count). The summed E-state index contributed by atoms with van der Waals surface area (Å²) in [6.45, 7) is 5.87. The number of hydrogen-bond donors (Lipinski definition) is 0. The molecule has 0 radical (unpaired) electrons. The topological polar surface area (TPSA) is 63.7 Å². The largest absolute Gasteiger partial charge is 0.426 e. The molecule has 0 amide bonds. The number of ether oxygens (including phenoxy) is 1. The summed E-state index contributed by atoms with van der Waals surface area (Å²) in [6, 6.07) is 8.51. The molecule has 0 bridgehead atoms. The number of halogens is 1. The predicted octanol–water partition coefficient (Wildman–Crippen LogP) is 3.76. The SMILES string of the molecule is Cc1ccc(C)c(OC(=O)CCCN(C)S(=O)(=O)c2ccc(F)cc2)c1C. The van der Waals surface area contributed by atoms with Gasteiger partial charge in [0.1, 0.15) is 11.6 Å². The minimum atomic E-state index is -3.72. The summed E-state index contributed by atoms with van der Waals surface area (Å²) >= 11 is 0. The molecule has 5 nitrogen and oxygen atoms in total. The first-order valence-corrected chi connectivity index (χ1v) is 10.1. The van der Waals surface area contributed by atoms with Gasteiger partial charge in [-0.05, 0) is 68.1 Å². The highest BCUT2D eigenvalue weighted by Gasteiger charge is 2.21. The first-order valence-electron chi connectivity index (χ1n) is 8.62. The number of esters is 1. The second-order valence-corrected chi connectivity index (χ2v) is 8.56. The molecule has 0 heterocycles. The molecule has 7 heteroatoms. The first kappa shape index (κ1) is 21.1. The van der Waals surface area contributed by atoms with Crippen molar-refractivity contribution in [2.24, 2.45) is 0 Å². The van der Waals surface area contributed by atoms with Crippen molar-refractivity contribution < 1.29 is 22.3 Å². The Morgan fingerprint density at radius 2 is 1.63 bits per heavy atom. The first-order chi connectivity index (χ1) is 12.6. The van der Waals surface area contributed by atoms with Crippen molar-refractivity contribution in [3.05, 3.63) is 58.9 Å². The third-order valence-corrected chi connectivity index (χ3v) is 6.34. The normalized spacial score (nSPS) is 11.6. The molecular formula is C20H24FNO4S. The second-order valence-electron chi connectivity index (χ2n) is 6.51. The molecule has 0 fully saturated rings. The lowest BCUT2D eigenvalue weighted by molar-refractivity contribution is -0.134. The van der Waals surface area contributed by atoms with Crippen LogP contribution < -0.4 is 4.74 Å². The number of nitrogens with zero attached hydrogens (tertiary/aromatic N) is 1. The van der Waals surface area contributed by atoms with Gasteiger partial charge in [0.25, 0.3) is 0 Å². The van der Waals surface area contributed by atoms with Crippen LogP contribution in [-0.4, -0.2) is 32.3 Å². The Balaban J connectivity index is 1.93. The Bertz CT molecular complexity index is 924. The Morgan fingerprint density at radius 1 is 1.04 bits per heavy atom. The number of rotatable bonds is 7. The van der Waals surface area contributed by atoms with Crippen molar-refractivity contribution in [3.8, 4) is 5.75 Å². The maximum Gasteiger partial charge on any atom is 0.311 e. The van der Waals surface area contributed by atoms with Crippen LogP contribution in [0.2, 0.25) is 0 Å². The molecule has 0 saturated heterocycles. The minimum Gasteiger partial charge on any atom is -0.426 e. The van der Waals surface area contributed by atoms with Gasteiger partial charge in [-0.25, -0.2) is 17.1 Å². The van der Waals surface area contributed by atoms with Gasteiger partial charge in [-0.2, -0.15) is 0 Å². The Kier molecular flexibility index (Phi) is 6.73. The number of carbonyl (C=O) groups excluding carboxylic acids is 1. The fraction of sp³-hybridized carbons (Fsp3) is 0.350. The number of sulfonamides is 1. The summed E-state index contributed by atoms with van der Waals surface area (Å²) < 4.78 is 44.4. The smallest absolute Gasteiger partial charge is 0.311 e. The summed E-state index contributed by atoms with van der Waals surface area (Å²) in [4.78, 5) is 12.1. The molecule has 0 aromatic heterocycles. The lowest BCUT2D eigenvalue weighted by atomic mass is 10.1. The van der Waals surface area contributed by atoms with Crippen LogP contribution in [0.25, 0.3) is 0 Å². The Hall–Kier alpha value is -2.25. The molecule has 0 aliphatic carbocycles. The fourth-order valence-electron chi connectivity index (χ4n) is 2.60. The molecule has 0 spiro atoms. The van der Waals surface area contributed by atoms with Gasteiger partial charge in [0.05, 0.1) is 4.90 Å². The summed E-state index contributed by atoms with van der Waals surface area (Å²) in [7, 11) is -2.29. The molecule has 27 heavy (non-hydrogen) atoms. The average Bonchev–Trinajstić information content (AvgIpc) is 2.62. The summed E-state index contributed by atoms with van der Waals surface area (Å²) in [6.07, 6.45) is 0.412. The Labute approximate surface area is 159 Å². The van der Waals surface area contributed by atoms with E-state index in [9.17, 15) is 17.6 Å². The van der Waals surface area contributed by atoms with Crippen LogP contribution in [0.3, 0.4) is 0 Å². The maximum absolute atomic E-state index is 13.0. The van der Waals surface area contributed by atoms with E-state index >= 15 is 0 Å². The lowest BCUT2D eigenvalue weighted by Gasteiger charge is -2.17. The van der Waals surface area contributed by atoms with Crippen LogP contribution in [0.1, 0.15) is 29.5 Å². The van der Waals surface area contributed by atoms with Crippen molar-refractivity contribution in [1.82, 2.24) is 4.31 Å². The van der Waals surface area contributed by atoms with E-state index < -0.39 is 21.8 Å². The number of aryl methyl sites for hydroxylation is 2. The van der Waals surface area contributed by atoms with Gasteiger partial charge < -0.3 is 4.74 Å². The van der Waals surface area contributed by atoms with Gasteiger partial charge in [-0.15, -0.1) is 0 Å². The van der Waals surface area contributed by atoms with Crippen molar-refractivity contribution >= 4 is 16.0 Å². The van der Waals surface area contributed by atoms with Gasteiger partial charge in [0, 0.05) is 20.0 Å². The quantitative estimate of drug-likeness (QED) is 0.531. The standard InChI is InChI=1S/C20H24FNO4S/c1-14-7-8-15(2)20(16(14)3)26-19(23)6-5-13-22(4)27(24,25)18-11-9-17(21)10-12-18/h7-12H,5-6,13H2,1-4H3. The molecular weight excluding hydrogens is 369 g/mol. The van der Waals surface area contributed by atoms with Gasteiger partial charge in [-0.1, -0.05) is 12.1 Å². The monoisotopic (exact) mass is 393 g/mol. The van der Waals surface area contributed by atoms with Crippen LogP contribution in [0.15, 0.2) is 41.3 Å². The molecule has 2 aromatic rings. The van der Waals surface area contributed by atoms with Crippen molar-refractivity contribution in [1.29, 1.82) is 0 Å². The van der Waals surface area contributed by atoms with Crippen LogP contribution in [0.4, 0.5) is 4.39 Å². The molecule has 0 saturated carbocycles. The maximum atomic E-state index is 13.0. The average molecular weight is 393 g/mol. The van der Waals surface area contributed by atoms with Crippen LogP contribution in [0.5, 0.6) is 5.75 Å². The molecule has 0 N–H and O–H groups in total. The molecule has 0 aliphatic heterocycles. The summed E-state index contributed by atoms with van der Waals surface area (Å²) in [5.74, 6) is -0.340. The number of benzene rings is 2. The zero-order chi connectivity index (χ0) is 20.2. The molecule has 0 atom stereocenters. The van der Waals surface area contributed by atoms with Crippen LogP contribution in [-0.2, 0) is 14.8 Å². The number of carbonyl (C=O) groups is 1. The van der Waals surface area contributed by atoms with Crippen molar-refractivity contribution in [2.75, 3.05) is 13.6 Å². The van der Waals surface area contributed by atoms with E-state index in [0.29, 0.717) is 12.2 Å². The third kappa shape index (κ3) is 5.14. The lowest BCUT2D eigenvalue weighted by Crippen LogP contribution is -2.28. The van der Waals surface area contributed by atoms with E-state index in [2.05, 4.69) is 0 Å². The second kappa shape index (κ2) is 8.63. The molecule has 0 unspecified atom stereocenters. The fourth-order valence-corrected chi connectivity index (χ4v) is 3.81. The zero-order valence-electron chi connectivity index (χ0n) is 16.0. The third-order valence-electron chi connectivity index (χ3n) is 4.47. The highest BCUT2D eigenvalue weighted by atomic mass is 32.2. The predicted molar refractivity (Wildman–Crippen MR) is 102 cm³/mol. The van der Waals surface area contributed by atoms with Gasteiger partial charge in [0.2, 0.25) is 10.0 Å². The van der Waals surface area contributed by atoms with Gasteiger partial charge in [0.15, 0.2) is 0 Å². The summed E-state index contributed by atoms with van der Waals surface area (Å²) in [5.41, 5.74) is 2.83. The van der Waals surface area contributed by atoms with E-state index in [0.717, 1.165) is 33.1 Å². The van der Waals surface area contributed by atoms with Gasteiger partial charge in [-0.3, -0.25) is 4.79 Å². The number of hydrogen-bond acceptors (Lipinski definition) is 4. The van der Waals surface area contributed by atoms with E-state index in [-0.39, 0.29) is 17.9 Å². The zero-order valence-corrected chi connectivity index (χ0v) is 16.8. The van der Waals surface area contributed by atoms with E-state index in [4.69, 9.17) is 4.74 Å². The van der Waals surface area contributed by atoms with Gasteiger partial charge >= 0.3 is 5.97 Å². The van der Waals surface area contributed by atoms with E-state index in [1.807, 2.05) is 32.9 Å². The molecule has 2 aromatic carbocycles. The van der Waals surface area contributed by atoms with E-state index in [1.54, 1.807) is 0 Å². The van der Waals surface area contributed by atoms with Crippen LogP contribution in [0, 0.1) is 26.6 Å². The molecule has 146 valence electrons.